The van der Waals surface area contributed by atoms with E-state index in [4.69, 9.17) is 0 Å². The lowest BCUT2D eigenvalue weighted by molar-refractivity contribution is 0.0949. The minimum Gasteiger partial charge on any atom is -0.366 e. The van der Waals surface area contributed by atoms with Crippen molar-refractivity contribution in [2.24, 2.45) is 5.92 Å². The molecular weight excluding hydrogens is 482 g/mol. The van der Waals surface area contributed by atoms with Gasteiger partial charge in [-0.15, -0.1) is 0 Å². The molecule has 4 rings (SSSR count). The largest absolute Gasteiger partial charge is 0.366 e. The zero-order valence-electron chi connectivity index (χ0n) is 22.3. The first-order valence-corrected chi connectivity index (χ1v) is 14.3. The highest BCUT2D eigenvalue weighted by Crippen LogP contribution is 2.31. The summed E-state index contributed by atoms with van der Waals surface area (Å²) >= 11 is 0. The predicted molar refractivity (Wildman–Crippen MR) is 151 cm³/mol. The van der Waals surface area contributed by atoms with Crippen LogP contribution in [0.25, 0.3) is 0 Å². The fraction of sp³-hybridized carbons (Fsp3) is 0.367. The molecule has 2 N–H and O–H groups in total. The summed E-state index contributed by atoms with van der Waals surface area (Å²) in [6, 6.07) is 20.5. The summed E-state index contributed by atoms with van der Waals surface area (Å²) in [6.45, 7) is 12.4. The van der Waals surface area contributed by atoms with E-state index >= 15 is 0 Å². The van der Waals surface area contributed by atoms with Crippen molar-refractivity contribution < 1.29 is 13.2 Å². The molecule has 0 bridgehead atoms. The maximum absolute atomic E-state index is 13.3. The third kappa shape index (κ3) is 6.34. The van der Waals surface area contributed by atoms with Crippen LogP contribution in [-0.2, 0) is 28.4 Å². The second-order valence-corrected chi connectivity index (χ2v) is 12.8. The van der Waals surface area contributed by atoms with E-state index in [-0.39, 0.29) is 16.2 Å². The van der Waals surface area contributed by atoms with Crippen LogP contribution in [0.5, 0.6) is 0 Å². The Hall–Kier alpha value is -3.32. The van der Waals surface area contributed by atoms with Gasteiger partial charge in [0.05, 0.1) is 10.5 Å². The van der Waals surface area contributed by atoms with Gasteiger partial charge >= 0.3 is 0 Å². The lowest BCUT2D eigenvalue weighted by Gasteiger charge is -2.32. The first kappa shape index (κ1) is 26.7. The maximum Gasteiger partial charge on any atom is 0.261 e. The van der Waals surface area contributed by atoms with Crippen LogP contribution in [0.1, 0.15) is 61.7 Å². The van der Waals surface area contributed by atoms with Gasteiger partial charge in [0, 0.05) is 31.0 Å². The number of carbonyl (C=O) groups excluding carboxylic acids is 1. The molecular formula is C30H37N3O3S. The molecule has 0 saturated heterocycles. The van der Waals surface area contributed by atoms with E-state index in [1.165, 1.54) is 11.1 Å². The van der Waals surface area contributed by atoms with Crippen LogP contribution in [0, 0.1) is 5.92 Å². The number of nitrogens with one attached hydrogen (secondary N) is 2. The quantitative estimate of drug-likeness (QED) is 0.418. The van der Waals surface area contributed by atoms with Gasteiger partial charge in [-0.2, -0.15) is 0 Å². The van der Waals surface area contributed by atoms with Crippen molar-refractivity contribution in [1.82, 2.24) is 5.32 Å². The van der Waals surface area contributed by atoms with Gasteiger partial charge in [-0.05, 0) is 64.8 Å². The number of sulfonamides is 1. The highest BCUT2D eigenvalue weighted by molar-refractivity contribution is 7.92. The van der Waals surface area contributed by atoms with E-state index in [1.54, 1.807) is 24.3 Å². The number of carbonyl (C=O) groups is 1. The topological polar surface area (TPSA) is 78.5 Å². The second kappa shape index (κ2) is 10.6. The van der Waals surface area contributed by atoms with Crippen LogP contribution in [0.3, 0.4) is 0 Å². The van der Waals surface area contributed by atoms with E-state index in [1.807, 2.05) is 38.1 Å². The van der Waals surface area contributed by atoms with Crippen molar-refractivity contribution in [3.8, 4) is 0 Å². The normalized spacial score (nSPS) is 13.8. The summed E-state index contributed by atoms with van der Waals surface area (Å²) in [6.07, 6.45) is 0.891. The molecule has 0 saturated carbocycles. The Morgan fingerprint density at radius 3 is 2.30 bits per heavy atom. The Balaban J connectivity index is 1.64. The average molecular weight is 520 g/mol. The molecule has 1 aliphatic heterocycles. The number of amides is 1. The molecule has 196 valence electrons. The summed E-state index contributed by atoms with van der Waals surface area (Å²) in [5.41, 5.74) is 5.17. The minimum absolute atomic E-state index is 0.0707. The number of benzene rings is 3. The highest BCUT2D eigenvalue weighted by atomic mass is 32.2. The molecule has 1 heterocycles. The van der Waals surface area contributed by atoms with Gasteiger partial charge in [0.1, 0.15) is 0 Å². The molecule has 0 fully saturated rings. The molecule has 0 unspecified atom stereocenters. The molecule has 6 nitrogen and oxygen atoms in total. The van der Waals surface area contributed by atoms with E-state index < -0.39 is 10.0 Å². The van der Waals surface area contributed by atoms with Crippen LogP contribution < -0.4 is 14.9 Å². The van der Waals surface area contributed by atoms with Gasteiger partial charge in [0.2, 0.25) is 0 Å². The second-order valence-electron chi connectivity index (χ2n) is 11.2. The molecule has 0 spiro atoms. The SMILES string of the molecule is CC(C)CNC(=O)c1cc(NS(=O)(=O)c2ccc(C(C)(C)C)cc2)ccc1N1CCc2ccccc2C1. The van der Waals surface area contributed by atoms with E-state index in [0.717, 1.165) is 24.2 Å². The van der Waals surface area contributed by atoms with Crippen LogP contribution in [0.15, 0.2) is 71.6 Å². The van der Waals surface area contributed by atoms with Crippen molar-refractivity contribution in [1.29, 1.82) is 0 Å². The predicted octanol–water partition coefficient (Wildman–Crippen LogP) is 5.73. The van der Waals surface area contributed by atoms with Gasteiger partial charge in [-0.25, -0.2) is 8.42 Å². The zero-order valence-corrected chi connectivity index (χ0v) is 23.2. The summed E-state index contributed by atoms with van der Waals surface area (Å²) < 4.78 is 29.0. The first-order valence-electron chi connectivity index (χ1n) is 12.8. The first-order chi connectivity index (χ1) is 17.4. The monoisotopic (exact) mass is 519 g/mol. The van der Waals surface area contributed by atoms with Crippen LogP contribution in [0.4, 0.5) is 11.4 Å². The summed E-state index contributed by atoms with van der Waals surface area (Å²) in [5, 5.41) is 3.00. The average Bonchev–Trinajstić information content (AvgIpc) is 2.86. The fourth-order valence-corrected chi connectivity index (χ4v) is 5.55. The van der Waals surface area contributed by atoms with Gasteiger partial charge in [-0.1, -0.05) is 71.0 Å². The number of hydrogen-bond donors (Lipinski definition) is 2. The number of hydrogen-bond acceptors (Lipinski definition) is 4. The molecule has 7 heteroatoms. The maximum atomic E-state index is 13.3. The van der Waals surface area contributed by atoms with Gasteiger partial charge in [0.25, 0.3) is 15.9 Å². The molecule has 1 amide bonds. The molecule has 0 radical (unpaired) electrons. The van der Waals surface area contributed by atoms with Crippen LogP contribution >= 0.6 is 0 Å². The third-order valence-corrected chi connectivity index (χ3v) is 8.06. The van der Waals surface area contributed by atoms with Gasteiger partial charge in [0.15, 0.2) is 0 Å². The van der Waals surface area contributed by atoms with Crippen molar-refractivity contribution in [2.75, 3.05) is 22.7 Å². The van der Waals surface area contributed by atoms with E-state index in [2.05, 4.69) is 53.9 Å². The Labute approximate surface area is 221 Å². The Bertz CT molecular complexity index is 1370. The van der Waals surface area contributed by atoms with Crippen molar-refractivity contribution in [2.45, 2.75) is 57.9 Å². The van der Waals surface area contributed by atoms with E-state index in [0.29, 0.717) is 30.3 Å². The molecule has 37 heavy (non-hydrogen) atoms. The molecule has 3 aromatic rings. The summed E-state index contributed by atoms with van der Waals surface area (Å²) in [5.74, 6) is 0.0881. The van der Waals surface area contributed by atoms with Crippen molar-refractivity contribution in [3.05, 3.63) is 89.0 Å². The molecule has 3 aromatic carbocycles. The number of nitrogens with zero attached hydrogens (tertiary/aromatic N) is 1. The molecule has 0 aliphatic carbocycles. The summed E-state index contributed by atoms with van der Waals surface area (Å²) in [7, 11) is -3.82. The fourth-order valence-electron chi connectivity index (χ4n) is 4.50. The lowest BCUT2D eigenvalue weighted by atomic mass is 9.87. The van der Waals surface area contributed by atoms with Crippen LogP contribution in [-0.4, -0.2) is 27.4 Å². The van der Waals surface area contributed by atoms with E-state index in [9.17, 15) is 13.2 Å². The van der Waals surface area contributed by atoms with Crippen molar-refractivity contribution >= 4 is 27.3 Å². The standard InChI is InChI=1S/C30H37N3O3S/c1-21(2)19-31-29(34)27-18-25(32-37(35,36)26-13-10-24(11-14-26)30(3,4)5)12-15-28(27)33-17-16-22-8-6-7-9-23(22)20-33/h6-15,18,21,32H,16-17,19-20H2,1-5H3,(H,31,34). The lowest BCUT2D eigenvalue weighted by Crippen LogP contribution is -2.34. The number of rotatable bonds is 7. The number of fused-ring (bicyclic) bond motifs is 1. The highest BCUT2D eigenvalue weighted by Gasteiger charge is 2.23. The molecule has 1 aliphatic rings. The Morgan fingerprint density at radius 1 is 0.973 bits per heavy atom. The van der Waals surface area contributed by atoms with Gasteiger partial charge < -0.3 is 10.2 Å². The number of anilines is 2. The molecule has 0 aromatic heterocycles. The Kier molecular flexibility index (Phi) is 7.64. The smallest absolute Gasteiger partial charge is 0.261 e. The third-order valence-electron chi connectivity index (χ3n) is 6.67. The summed E-state index contributed by atoms with van der Waals surface area (Å²) in [4.78, 5) is 15.6. The minimum atomic E-state index is -3.82. The zero-order chi connectivity index (χ0) is 26.8. The van der Waals surface area contributed by atoms with Crippen LogP contribution in [0.2, 0.25) is 0 Å². The molecule has 0 atom stereocenters. The van der Waals surface area contributed by atoms with Gasteiger partial charge in [-0.3, -0.25) is 9.52 Å². The van der Waals surface area contributed by atoms with Crippen molar-refractivity contribution in [3.63, 3.8) is 0 Å². The Morgan fingerprint density at radius 2 is 1.65 bits per heavy atom.